The maximum atomic E-state index is 15.0. The highest BCUT2D eigenvalue weighted by molar-refractivity contribution is 7.55. The average Bonchev–Trinajstić information content (AvgIpc) is 2.94. The van der Waals surface area contributed by atoms with E-state index in [0.29, 0.717) is 5.75 Å². The Morgan fingerprint density at radius 1 is 0.727 bits per heavy atom. The molecule has 2 saturated heterocycles. The van der Waals surface area contributed by atoms with Gasteiger partial charge in [0.05, 0.1) is 0 Å². The van der Waals surface area contributed by atoms with Crippen molar-refractivity contribution in [2.75, 3.05) is 0 Å². The van der Waals surface area contributed by atoms with Crippen LogP contribution in [0, 0.1) is 0 Å². The summed E-state index contributed by atoms with van der Waals surface area (Å²) in [6.07, 6.45) is 7.68. The first-order valence-electron chi connectivity index (χ1n) is 12.3. The van der Waals surface area contributed by atoms with Crippen molar-refractivity contribution in [2.45, 2.75) is 115 Å². The van der Waals surface area contributed by atoms with Crippen LogP contribution in [0.15, 0.2) is 42.7 Å². The third-order valence-electron chi connectivity index (χ3n) is 7.01. The number of rotatable bonds is 4. The molecule has 3 heterocycles. The van der Waals surface area contributed by atoms with Gasteiger partial charge in [-0.2, -0.15) is 0 Å². The number of hydrogen-bond donors (Lipinski definition) is 2. The molecule has 33 heavy (non-hydrogen) atoms. The van der Waals surface area contributed by atoms with Gasteiger partial charge in [-0.3, -0.25) is 9.34 Å². The molecule has 0 atom stereocenters. The van der Waals surface area contributed by atoms with E-state index in [1.165, 1.54) is 0 Å². The van der Waals surface area contributed by atoms with E-state index in [2.05, 4.69) is 75.4 Å². The molecule has 0 spiro atoms. The lowest BCUT2D eigenvalue weighted by Crippen LogP contribution is -2.62. The fourth-order valence-corrected chi connectivity index (χ4v) is 9.14. The highest BCUT2D eigenvalue weighted by Crippen LogP contribution is 2.62. The number of benzene rings is 1. The maximum absolute atomic E-state index is 15.0. The van der Waals surface area contributed by atoms with Crippen LogP contribution in [-0.4, -0.2) is 43.6 Å². The maximum Gasteiger partial charge on any atom is 0.449 e. The van der Waals surface area contributed by atoms with Crippen molar-refractivity contribution in [3.8, 4) is 5.75 Å². The molecule has 1 aromatic carbocycles. The Morgan fingerprint density at radius 3 is 1.45 bits per heavy atom. The summed E-state index contributed by atoms with van der Waals surface area (Å²) in [5, 5.41) is 7.51. The molecule has 2 fully saturated rings. The zero-order valence-corrected chi connectivity index (χ0v) is 22.6. The number of nitrogens with one attached hydrogen (secondary N) is 2. The Balaban J connectivity index is 1.71. The van der Waals surface area contributed by atoms with Gasteiger partial charge in [-0.15, -0.1) is 0 Å². The van der Waals surface area contributed by atoms with Crippen LogP contribution in [0.1, 0.15) is 81.1 Å². The molecule has 7 heteroatoms. The topological polar surface area (TPSA) is 56.8 Å². The molecule has 184 valence electrons. The summed E-state index contributed by atoms with van der Waals surface area (Å²) in [6, 6.07) is 9.88. The van der Waals surface area contributed by atoms with Crippen LogP contribution in [-0.2, 0) is 4.57 Å². The fourth-order valence-electron chi connectivity index (χ4n) is 6.70. The molecule has 0 amide bonds. The van der Waals surface area contributed by atoms with Crippen LogP contribution in [0.2, 0.25) is 0 Å². The fraction of sp³-hybridized carbons (Fsp3) is 0.692. The van der Waals surface area contributed by atoms with Crippen molar-refractivity contribution in [3.63, 3.8) is 0 Å². The SMILES string of the molecule is CC1(C)CC(N2C=CN(C3CC(C)(C)NC(C)(C)C3)P2(=O)Oc2ccccc2)CC(C)(C)N1. The van der Waals surface area contributed by atoms with E-state index in [1.54, 1.807) is 0 Å². The van der Waals surface area contributed by atoms with Gasteiger partial charge in [-0.05, 0) is 93.2 Å². The molecular formula is C26H43N4O2P. The minimum absolute atomic E-state index is 0.0516. The molecule has 0 radical (unpaired) electrons. The van der Waals surface area contributed by atoms with Crippen molar-refractivity contribution in [1.29, 1.82) is 0 Å². The van der Waals surface area contributed by atoms with Crippen LogP contribution in [0.3, 0.4) is 0 Å². The number of nitrogens with zero attached hydrogens (tertiary/aromatic N) is 2. The summed E-state index contributed by atoms with van der Waals surface area (Å²) in [4.78, 5) is 0. The Morgan fingerprint density at radius 2 is 1.09 bits per heavy atom. The lowest BCUT2D eigenvalue weighted by molar-refractivity contribution is 0.107. The highest BCUT2D eigenvalue weighted by Gasteiger charge is 2.53. The van der Waals surface area contributed by atoms with E-state index in [1.807, 2.05) is 42.7 Å². The van der Waals surface area contributed by atoms with Gasteiger partial charge in [0.15, 0.2) is 0 Å². The molecule has 1 aromatic rings. The molecule has 0 unspecified atom stereocenters. The van der Waals surface area contributed by atoms with Crippen molar-refractivity contribution < 1.29 is 9.09 Å². The summed E-state index contributed by atoms with van der Waals surface area (Å²) in [7, 11) is -3.37. The van der Waals surface area contributed by atoms with E-state index in [9.17, 15) is 0 Å². The lowest BCUT2D eigenvalue weighted by Gasteiger charge is -2.52. The Bertz CT molecular complexity index is 857. The first kappa shape index (κ1) is 24.6. The molecule has 0 saturated carbocycles. The Labute approximate surface area is 200 Å². The quantitative estimate of drug-likeness (QED) is 0.532. The first-order chi connectivity index (χ1) is 15.1. The van der Waals surface area contributed by atoms with Gasteiger partial charge >= 0.3 is 7.67 Å². The zero-order chi connectivity index (χ0) is 24.3. The smallest absolute Gasteiger partial charge is 0.414 e. The molecule has 0 aromatic heterocycles. The second kappa shape index (κ2) is 8.03. The lowest BCUT2D eigenvalue weighted by atomic mass is 9.79. The number of piperidine rings is 2. The standard InChI is InChI=1S/C26H43N4O2P/c1-23(2)16-20(17-24(3,4)27-23)29-14-15-30(21-18-25(5,6)28-26(7,8)19-21)33(29,31)32-22-12-10-9-11-13-22/h9-15,20-21,27-28H,16-19H2,1-8H3. The minimum atomic E-state index is -3.37. The van der Waals surface area contributed by atoms with Gasteiger partial charge in [0.2, 0.25) is 0 Å². The van der Waals surface area contributed by atoms with E-state index < -0.39 is 7.67 Å². The van der Waals surface area contributed by atoms with Crippen molar-refractivity contribution in [2.24, 2.45) is 0 Å². The van der Waals surface area contributed by atoms with Crippen LogP contribution >= 0.6 is 7.67 Å². The summed E-state index contributed by atoms with van der Waals surface area (Å²) < 4.78 is 25.6. The van der Waals surface area contributed by atoms with Crippen molar-refractivity contribution >= 4 is 7.67 Å². The summed E-state index contributed by atoms with van der Waals surface area (Å²) in [6.45, 7) is 17.9. The molecule has 3 aliphatic heterocycles. The van der Waals surface area contributed by atoms with Gasteiger partial charge in [0, 0.05) is 46.6 Å². The summed E-state index contributed by atoms with van der Waals surface area (Å²) >= 11 is 0. The van der Waals surface area contributed by atoms with Crippen LogP contribution in [0.25, 0.3) is 0 Å². The highest BCUT2D eigenvalue weighted by atomic mass is 31.2. The summed E-state index contributed by atoms with van der Waals surface area (Å²) in [5.41, 5.74) is -0.206. The second-order valence-electron chi connectivity index (χ2n) is 12.9. The van der Waals surface area contributed by atoms with E-state index in [-0.39, 0.29) is 34.2 Å². The minimum Gasteiger partial charge on any atom is -0.414 e. The van der Waals surface area contributed by atoms with Crippen LogP contribution < -0.4 is 15.2 Å². The predicted molar refractivity (Wildman–Crippen MR) is 136 cm³/mol. The third-order valence-corrected chi connectivity index (χ3v) is 9.54. The zero-order valence-electron chi connectivity index (χ0n) is 21.7. The van der Waals surface area contributed by atoms with Crippen molar-refractivity contribution in [3.05, 3.63) is 42.7 Å². The van der Waals surface area contributed by atoms with Gasteiger partial charge in [0.1, 0.15) is 5.75 Å². The molecule has 0 aliphatic carbocycles. The van der Waals surface area contributed by atoms with Crippen LogP contribution in [0.4, 0.5) is 0 Å². The van der Waals surface area contributed by atoms with Gasteiger partial charge in [-0.25, -0.2) is 4.57 Å². The second-order valence-corrected chi connectivity index (χ2v) is 15.0. The van der Waals surface area contributed by atoms with E-state index in [4.69, 9.17) is 4.52 Å². The van der Waals surface area contributed by atoms with E-state index >= 15 is 4.57 Å². The molecule has 6 nitrogen and oxygen atoms in total. The third kappa shape index (κ3) is 5.28. The number of para-hydroxylation sites is 1. The Kier molecular flexibility index (Phi) is 6.00. The number of hydrogen-bond acceptors (Lipinski definition) is 4. The van der Waals surface area contributed by atoms with Crippen LogP contribution in [0.5, 0.6) is 5.75 Å². The molecule has 0 bridgehead atoms. The van der Waals surface area contributed by atoms with Crippen molar-refractivity contribution in [1.82, 2.24) is 20.0 Å². The Hall–Kier alpha value is -1.49. The monoisotopic (exact) mass is 474 g/mol. The molecule has 2 N–H and O–H groups in total. The van der Waals surface area contributed by atoms with Gasteiger partial charge in [0.25, 0.3) is 0 Å². The molecule has 3 aliphatic rings. The van der Waals surface area contributed by atoms with Gasteiger partial charge < -0.3 is 15.2 Å². The summed E-state index contributed by atoms with van der Waals surface area (Å²) in [5.74, 6) is 0.652. The van der Waals surface area contributed by atoms with Gasteiger partial charge in [-0.1, -0.05) is 18.2 Å². The average molecular weight is 475 g/mol. The van der Waals surface area contributed by atoms with E-state index in [0.717, 1.165) is 25.7 Å². The first-order valence-corrected chi connectivity index (χ1v) is 13.8. The predicted octanol–water partition coefficient (Wildman–Crippen LogP) is 5.88. The normalized spacial score (nSPS) is 28.1. The largest absolute Gasteiger partial charge is 0.449 e. The molecule has 4 rings (SSSR count). The molecular weight excluding hydrogens is 431 g/mol.